The Balaban J connectivity index is 1.83. The molecule has 4 nitrogen and oxygen atoms in total. The van der Waals surface area contributed by atoms with Crippen molar-refractivity contribution in [2.45, 2.75) is 26.4 Å². The summed E-state index contributed by atoms with van der Waals surface area (Å²) in [6.45, 7) is 10.0. The number of benzene rings is 1. The summed E-state index contributed by atoms with van der Waals surface area (Å²) in [5, 5.41) is 9.92. The van der Waals surface area contributed by atoms with Crippen LogP contribution < -0.4 is 4.90 Å². The van der Waals surface area contributed by atoms with Crippen LogP contribution in [0.1, 0.15) is 19.4 Å². The van der Waals surface area contributed by atoms with Gasteiger partial charge in [0.1, 0.15) is 0 Å². The average Bonchev–Trinajstić information content (AvgIpc) is 2.53. The van der Waals surface area contributed by atoms with E-state index >= 15 is 0 Å². The van der Waals surface area contributed by atoms with Crippen molar-refractivity contribution in [2.75, 3.05) is 50.8 Å². The lowest BCUT2D eigenvalue weighted by atomic mass is 10.1. The van der Waals surface area contributed by atoms with Crippen molar-refractivity contribution in [3.8, 4) is 0 Å². The summed E-state index contributed by atoms with van der Waals surface area (Å²) < 4.78 is 5.27. The molecule has 0 aliphatic carbocycles. The fraction of sp³-hybridized carbons (Fsp3) is 0.647. The third-order valence-corrected chi connectivity index (χ3v) is 4.07. The quantitative estimate of drug-likeness (QED) is 0.831. The minimum Gasteiger partial charge on any atom is -0.389 e. The molecular weight excluding hydrogens is 264 g/mol. The molecule has 1 aliphatic rings. The molecule has 118 valence electrons. The third kappa shape index (κ3) is 4.70. The molecule has 1 fully saturated rings. The molecule has 0 saturated carbocycles. The van der Waals surface area contributed by atoms with E-state index in [2.05, 4.69) is 41.0 Å². The van der Waals surface area contributed by atoms with E-state index in [4.69, 9.17) is 4.74 Å². The zero-order valence-corrected chi connectivity index (χ0v) is 13.3. The smallest absolute Gasteiger partial charge is 0.0900 e. The molecule has 1 unspecified atom stereocenters. The largest absolute Gasteiger partial charge is 0.389 e. The molecule has 21 heavy (non-hydrogen) atoms. The molecule has 0 amide bonds. The minimum absolute atomic E-state index is 0.376. The average molecular weight is 292 g/mol. The van der Waals surface area contributed by atoms with Crippen LogP contribution in [0.3, 0.4) is 0 Å². The van der Waals surface area contributed by atoms with Gasteiger partial charge in [-0.1, -0.05) is 25.1 Å². The maximum atomic E-state index is 9.92. The van der Waals surface area contributed by atoms with Gasteiger partial charge in [0.25, 0.3) is 0 Å². The van der Waals surface area contributed by atoms with Crippen LogP contribution in [0.15, 0.2) is 24.3 Å². The molecule has 0 aromatic heterocycles. The van der Waals surface area contributed by atoms with Crippen molar-refractivity contribution in [2.24, 2.45) is 0 Å². The topological polar surface area (TPSA) is 35.9 Å². The van der Waals surface area contributed by atoms with Crippen LogP contribution in [-0.2, 0) is 11.2 Å². The number of aryl methyl sites for hydroxylation is 1. The van der Waals surface area contributed by atoms with E-state index in [0.717, 1.165) is 32.6 Å². The van der Waals surface area contributed by atoms with Crippen molar-refractivity contribution in [3.63, 3.8) is 0 Å². The van der Waals surface area contributed by atoms with E-state index in [1.807, 2.05) is 6.92 Å². The maximum Gasteiger partial charge on any atom is 0.0900 e. The standard InChI is InChI=1S/C17H28N2O2/c1-3-15-7-5-6-8-17(15)19-11-9-18(10-12-19)13-16(20)14-21-4-2/h5-8,16,20H,3-4,9-14H2,1-2H3. The van der Waals surface area contributed by atoms with Gasteiger partial charge in [0.05, 0.1) is 12.7 Å². The van der Waals surface area contributed by atoms with Gasteiger partial charge < -0.3 is 14.7 Å². The van der Waals surface area contributed by atoms with Gasteiger partial charge in [0.2, 0.25) is 0 Å². The molecule has 0 bridgehead atoms. The van der Waals surface area contributed by atoms with Gasteiger partial charge in [0, 0.05) is 45.0 Å². The first kappa shape index (κ1) is 16.3. The summed E-state index contributed by atoms with van der Waals surface area (Å²) in [4.78, 5) is 4.79. The Bertz CT molecular complexity index is 417. The fourth-order valence-corrected chi connectivity index (χ4v) is 2.89. The van der Waals surface area contributed by atoms with E-state index in [-0.39, 0.29) is 6.10 Å². The number of para-hydroxylation sites is 1. The number of hydrogen-bond donors (Lipinski definition) is 1. The summed E-state index contributed by atoms with van der Waals surface area (Å²) in [7, 11) is 0. The number of piperazine rings is 1. The molecule has 4 heteroatoms. The predicted octanol–water partition coefficient (Wildman–Crippen LogP) is 1.77. The van der Waals surface area contributed by atoms with Gasteiger partial charge in [-0.3, -0.25) is 4.90 Å². The van der Waals surface area contributed by atoms with E-state index in [1.54, 1.807) is 0 Å². The molecule has 1 aliphatic heterocycles. The van der Waals surface area contributed by atoms with Crippen LogP contribution in [0.5, 0.6) is 0 Å². The predicted molar refractivity (Wildman–Crippen MR) is 87.0 cm³/mol. The SMILES string of the molecule is CCOCC(O)CN1CCN(c2ccccc2CC)CC1. The number of hydrogen-bond acceptors (Lipinski definition) is 4. The number of rotatable bonds is 7. The number of anilines is 1. The third-order valence-electron chi connectivity index (χ3n) is 4.07. The Morgan fingerprint density at radius 1 is 1.14 bits per heavy atom. The van der Waals surface area contributed by atoms with Crippen molar-refractivity contribution >= 4 is 5.69 Å². The summed E-state index contributed by atoms with van der Waals surface area (Å²) in [6.07, 6.45) is 0.697. The van der Waals surface area contributed by atoms with Crippen LogP contribution in [0.4, 0.5) is 5.69 Å². The van der Waals surface area contributed by atoms with Crippen LogP contribution in [-0.4, -0.2) is 62.0 Å². The first-order valence-corrected chi connectivity index (χ1v) is 8.05. The maximum absolute atomic E-state index is 9.92. The fourth-order valence-electron chi connectivity index (χ4n) is 2.89. The molecule has 1 heterocycles. The minimum atomic E-state index is -0.376. The second-order valence-corrected chi connectivity index (χ2v) is 5.58. The van der Waals surface area contributed by atoms with Crippen LogP contribution in [0.2, 0.25) is 0 Å². The molecule has 2 rings (SSSR count). The van der Waals surface area contributed by atoms with Gasteiger partial charge >= 0.3 is 0 Å². The highest BCUT2D eigenvalue weighted by Gasteiger charge is 2.20. The molecule has 1 aromatic rings. The van der Waals surface area contributed by atoms with Gasteiger partial charge in [-0.15, -0.1) is 0 Å². The van der Waals surface area contributed by atoms with Crippen LogP contribution in [0, 0.1) is 0 Å². The Hall–Kier alpha value is -1.10. The van der Waals surface area contributed by atoms with Crippen LogP contribution >= 0.6 is 0 Å². The van der Waals surface area contributed by atoms with E-state index in [0.29, 0.717) is 19.8 Å². The monoisotopic (exact) mass is 292 g/mol. The molecule has 1 atom stereocenters. The van der Waals surface area contributed by atoms with Crippen molar-refractivity contribution in [3.05, 3.63) is 29.8 Å². The molecule has 0 spiro atoms. The van der Waals surface area contributed by atoms with Gasteiger partial charge in [-0.05, 0) is 25.0 Å². The Labute approximate surface area is 128 Å². The van der Waals surface area contributed by atoms with E-state index in [9.17, 15) is 5.11 Å². The second kappa shape index (κ2) is 8.37. The molecule has 1 saturated heterocycles. The zero-order valence-electron chi connectivity index (χ0n) is 13.3. The first-order chi connectivity index (χ1) is 10.2. The number of nitrogens with zero attached hydrogens (tertiary/aromatic N) is 2. The highest BCUT2D eigenvalue weighted by atomic mass is 16.5. The number of β-amino-alcohol motifs (C(OH)–C–C–N with tert-alkyl or cyclic N) is 1. The second-order valence-electron chi connectivity index (χ2n) is 5.58. The Morgan fingerprint density at radius 3 is 2.52 bits per heavy atom. The van der Waals surface area contributed by atoms with Gasteiger partial charge in [-0.25, -0.2) is 0 Å². The van der Waals surface area contributed by atoms with Crippen LogP contribution in [0.25, 0.3) is 0 Å². The summed E-state index contributed by atoms with van der Waals surface area (Å²) in [6, 6.07) is 8.67. The Morgan fingerprint density at radius 2 is 1.86 bits per heavy atom. The molecule has 1 aromatic carbocycles. The molecule has 1 N–H and O–H groups in total. The van der Waals surface area contributed by atoms with Crippen molar-refractivity contribution in [1.29, 1.82) is 0 Å². The molecular formula is C17H28N2O2. The van der Waals surface area contributed by atoms with Crippen molar-refractivity contribution in [1.82, 2.24) is 4.90 Å². The van der Waals surface area contributed by atoms with Crippen molar-refractivity contribution < 1.29 is 9.84 Å². The lowest BCUT2D eigenvalue weighted by Crippen LogP contribution is -2.49. The van der Waals surface area contributed by atoms with Gasteiger partial charge in [0.15, 0.2) is 0 Å². The zero-order chi connectivity index (χ0) is 15.1. The van der Waals surface area contributed by atoms with E-state index < -0.39 is 0 Å². The number of aliphatic hydroxyl groups is 1. The number of aliphatic hydroxyl groups excluding tert-OH is 1. The lowest BCUT2D eigenvalue weighted by molar-refractivity contribution is 0.0202. The summed E-state index contributed by atoms with van der Waals surface area (Å²) in [5.74, 6) is 0. The summed E-state index contributed by atoms with van der Waals surface area (Å²) in [5.41, 5.74) is 2.79. The highest BCUT2D eigenvalue weighted by molar-refractivity contribution is 5.54. The highest BCUT2D eigenvalue weighted by Crippen LogP contribution is 2.22. The molecule has 0 radical (unpaired) electrons. The normalized spacial score (nSPS) is 18.0. The lowest BCUT2D eigenvalue weighted by Gasteiger charge is -2.37. The Kier molecular flexibility index (Phi) is 6.49. The number of ether oxygens (including phenoxy) is 1. The first-order valence-electron chi connectivity index (χ1n) is 8.05. The van der Waals surface area contributed by atoms with E-state index in [1.165, 1.54) is 11.3 Å². The summed E-state index contributed by atoms with van der Waals surface area (Å²) >= 11 is 0. The van der Waals surface area contributed by atoms with Gasteiger partial charge in [-0.2, -0.15) is 0 Å².